The number of aldehydes is 1. The van der Waals surface area contributed by atoms with Gasteiger partial charge in [-0.1, -0.05) is 6.08 Å². The first-order valence-electron chi connectivity index (χ1n) is 4.32. The first kappa shape index (κ1) is 10.9. The van der Waals surface area contributed by atoms with E-state index in [-0.39, 0.29) is 6.61 Å². The number of hydrogen-bond acceptors (Lipinski definition) is 4. The molecule has 0 unspecified atom stereocenters. The molecule has 0 saturated heterocycles. The van der Waals surface area contributed by atoms with Gasteiger partial charge in [0.25, 0.3) is 0 Å². The van der Waals surface area contributed by atoms with E-state index in [1.165, 1.54) is 11.3 Å². The molecule has 1 N–H and O–H groups in total. The third kappa shape index (κ3) is 2.68. The molecule has 0 fully saturated rings. The highest BCUT2D eigenvalue weighted by Crippen LogP contribution is 2.21. The van der Waals surface area contributed by atoms with Crippen molar-refractivity contribution in [2.24, 2.45) is 0 Å². The van der Waals surface area contributed by atoms with Gasteiger partial charge in [0.1, 0.15) is 0 Å². The molecular weight excluding hydrogens is 198 g/mol. The van der Waals surface area contributed by atoms with Gasteiger partial charge >= 0.3 is 0 Å². The fourth-order valence-electron chi connectivity index (χ4n) is 1.17. The van der Waals surface area contributed by atoms with Crippen LogP contribution in [0.1, 0.15) is 9.67 Å². The second kappa shape index (κ2) is 5.57. The van der Waals surface area contributed by atoms with Gasteiger partial charge in [-0.3, -0.25) is 4.79 Å². The predicted molar refractivity (Wildman–Crippen MR) is 59.2 cm³/mol. The summed E-state index contributed by atoms with van der Waals surface area (Å²) in [7, 11) is 0. The lowest BCUT2D eigenvalue weighted by Gasteiger charge is -2.20. The average molecular weight is 211 g/mol. The molecule has 0 spiro atoms. The molecule has 0 bridgehead atoms. The fraction of sp³-hybridized carbons (Fsp3) is 0.300. The maximum Gasteiger partial charge on any atom is 0.160 e. The number of rotatable bonds is 6. The van der Waals surface area contributed by atoms with E-state index in [9.17, 15) is 4.79 Å². The number of aliphatic hydroxyl groups is 1. The van der Waals surface area contributed by atoms with Gasteiger partial charge in [-0.15, -0.1) is 17.9 Å². The second-order valence-electron chi connectivity index (χ2n) is 2.78. The molecule has 0 aliphatic rings. The molecule has 1 aromatic rings. The molecule has 1 rings (SSSR count). The predicted octanol–water partition coefficient (Wildman–Crippen LogP) is 1.55. The van der Waals surface area contributed by atoms with Gasteiger partial charge in [0.15, 0.2) is 6.29 Å². The highest BCUT2D eigenvalue weighted by molar-refractivity contribution is 7.12. The van der Waals surface area contributed by atoms with Crippen LogP contribution in [-0.2, 0) is 0 Å². The molecule has 76 valence electrons. The van der Waals surface area contributed by atoms with E-state index in [0.29, 0.717) is 18.0 Å². The topological polar surface area (TPSA) is 40.5 Å². The molecule has 1 aromatic heterocycles. The van der Waals surface area contributed by atoms with Crippen molar-refractivity contribution in [2.45, 2.75) is 0 Å². The van der Waals surface area contributed by atoms with E-state index in [2.05, 4.69) is 6.58 Å². The zero-order valence-electron chi connectivity index (χ0n) is 7.85. The summed E-state index contributed by atoms with van der Waals surface area (Å²) in [5, 5.41) is 10.8. The molecule has 4 heteroatoms. The summed E-state index contributed by atoms with van der Waals surface area (Å²) < 4.78 is 0. The summed E-state index contributed by atoms with van der Waals surface area (Å²) in [6.45, 7) is 4.98. The Morgan fingerprint density at radius 2 is 2.43 bits per heavy atom. The van der Waals surface area contributed by atoms with Crippen LogP contribution >= 0.6 is 11.3 Å². The van der Waals surface area contributed by atoms with Crippen LogP contribution in [0.5, 0.6) is 0 Å². The Morgan fingerprint density at radius 3 is 2.93 bits per heavy atom. The van der Waals surface area contributed by atoms with Crippen molar-refractivity contribution in [1.82, 2.24) is 0 Å². The Bertz CT molecular complexity index is 309. The van der Waals surface area contributed by atoms with E-state index in [4.69, 9.17) is 5.11 Å². The summed E-state index contributed by atoms with van der Waals surface area (Å²) in [5.74, 6) is 0. The van der Waals surface area contributed by atoms with Gasteiger partial charge in [-0.2, -0.15) is 0 Å². The number of anilines is 1. The first-order chi connectivity index (χ1) is 6.81. The number of carbonyl (C=O) groups is 1. The Hall–Kier alpha value is -1.13. The van der Waals surface area contributed by atoms with Gasteiger partial charge < -0.3 is 10.0 Å². The van der Waals surface area contributed by atoms with Crippen LogP contribution < -0.4 is 4.90 Å². The van der Waals surface area contributed by atoms with Gasteiger partial charge in [-0.25, -0.2) is 0 Å². The first-order valence-corrected chi connectivity index (χ1v) is 5.20. The maximum absolute atomic E-state index is 10.5. The van der Waals surface area contributed by atoms with Crippen LogP contribution in [0.25, 0.3) is 0 Å². The smallest absolute Gasteiger partial charge is 0.160 e. The minimum atomic E-state index is 0.0973. The van der Waals surface area contributed by atoms with Crippen LogP contribution in [0.4, 0.5) is 5.69 Å². The molecule has 1 heterocycles. The van der Waals surface area contributed by atoms with Crippen molar-refractivity contribution >= 4 is 23.3 Å². The van der Waals surface area contributed by atoms with Crippen LogP contribution in [0.3, 0.4) is 0 Å². The van der Waals surface area contributed by atoms with Crippen LogP contribution in [0.15, 0.2) is 24.1 Å². The maximum atomic E-state index is 10.5. The molecule has 0 radical (unpaired) electrons. The summed E-state index contributed by atoms with van der Waals surface area (Å²) in [6.07, 6.45) is 2.60. The third-order valence-corrected chi connectivity index (χ3v) is 2.65. The van der Waals surface area contributed by atoms with Crippen LogP contribution in [-0.4, -0.2) is 31.1 Å². The van der Waals surface area contributed by atoms with E-state index in [1.807, 2.05) is 16.3 Å². The Balaban J connectivity index is 2.75. The van der Waals surface area contributed by atoms with E-state index in [1.54, 1.807) is 6.08 Å². The Kier molecular flexibility index (Phi) is 4.35. The monoisotopic (exact) mass is 211 g/mol. The largest absolute Gasteiger partial charge is 0.395 e. The third-order valence-electron chi connectivity index (χ3n) is 1.81. The second-order valence-corrected chi connectivity index (χ2v) is 3.73. The molecule has 0 aliphatic carbocycles. The van der Waals surface area contributed by atoms with Gasteiger partial charge in [0, 0.05) is 24.2 Å². The zero-order valence-corrected chi connectivity index (χ0v) is 8.67. The van der Waals surface area contributed by atoms with E-state index >= 15 is 0 Å². The summed E-state index contributed by atoms with van der Waals surface area (Å²) >= 11 is 1.40. The lowest BCUT2D eigenvalue weighted by Crippen LogP contribution is -2.26. The number of thiophene rings is 1. The van der Waals surface area contributed by atoms with Crippen LogP contribution in [0.2, 0.25) is 0 Å². The standard InChI is InChI=1S/C10H13NO2S/c1-2-3-11(4-5-12)9-6-10(7-13)14-8-9/h2,6-8,12H,1,3-5H2. The molecule has 0 aliphatic heterocycles. The summed E-state index contributed by atoms with van der Waals surface area (Å²) in [6, 6.07) is 1.82. The quantitative estimate of drug-likeness (QED) is 0.573. The number of aliphatic hydroxyl groups excluding tert-OH is 1. The van der Waals surface area contributed by atoms with Crippen molar-refractivity contribution in [3.8, 4) is 0 Å². The van der Waals surface area contributed by atoms with Crippen molar-refractivity contribution in [1.29, 1.82) is 0 Å². The van der Waals surface area contributed by atoms with Gasteiger partial charge in [-0.05, 0) is 6.07 Å². The van der Waals surface area contributed by atoms with Crippen molar-refractivity contribution < 1.29 is 9.90 Å². The fourth-order valence-corrected chi connectivity index (χ4v) is 1.89. The Labute approximate surface area is 87.3 Å². The zero-order chi connectivity index (χ0) is 10.4. The summed E-state index contributed by atoms with van der Waals surface area (Å²) in [5.41, 5.74) is 0.964. The molecule has 3 nitrogen and oxygen atoms in total. The van der Waals surface area contributed by atoms with Gasteiger partial charge in [0.05, 0.1) is 11.5 Å². The molecule has 0 amide bonds. The van der Waals surface area contributed by atoms with Crippen molar-refractivity contribution in [3.63, 3.8) is 0 Å². The molecule has 0 aromatic carbocycles. The number of nitrogens with zero attached hydrogens (tertiary/aromatic N) is 1. The SMILES string of the molecule is C=CCN(CCO)c1csc(C=O)c1. The van der Waals surface area contributed by atoms with E-state index in [0.717, 1.165) is 12.0 Å². The minimum Gasteiger partial charge on any atom is -0.395 e. The lowest BCUT2D eigenvalue weighted by atomic mass is 10.3. The molecule has 0 saturated carbocycles. The van der Waals surface area contributed by atoms with Gasteiger partial charge in [0.2, 0.25) is 0 Å². The lowest BCUT2D eigenvalue weighted by molar-refractivity contribution is 0.112. The minimum absolute atomic E-state index is 0.0973. The van der Waals surface area contributed by atoms with Crippen molar-refractivity contribution in [3.05, 3.63) is 29.0 Å². The molecule has 14 heavy (non-hydrogen) atoms. The van der Waals surface area contributed by atoms with Crippen molar-refractivity contribution in [2.75, 3.05) is 24.6 Å². The Morgan fingerprint density at radius 1 is 1.64 bits per heavy atom. The number of carbonyl (C=O) groups excluding carboxylic acids is 1. The van der Waals surface area contributed by atoms with Crippen LogP contribution in [0, 0.1) is 0 Å². The normalized spacial score (nSPS) is 9.79. The summed E-state index contributed by atoms with van der Waals surface area (Å²) in [4.78, 5) is 13.2. The highest BCUT2D eigenvalue weighted by Gasteiger charge is 2.06. The highest BCUT2D eigenvalue weighted by atomic mass is 32.1. The van der Waals surface area contributed by atoms with E-state index < -0.39 is 0 Å². The molecular formula is C10H13NO2S. The number of hydrogen-bond donors (Lipinski definition) is 1. The molecule has 0 atom stereocenters. The average Bonchev–Trinajstić information content (AvgIpc) is 2.65.